The second-order valence-corrected chi connectivity index (χ2v) is 6.45. The van der Waals surface area contributed by atoms with Crippen LogP contribution in [-0.2, 0) is 6.54 Å². The molecule has 1 aliphatic heterocycles. The molecule has 3 rings (SSSR count). The largest absolute Gasteiger partial charge is 0.493 e. The summed E-state index contributed by atoms with van der Waals surface area (Å²) in [7, 11) is 4.97. The number of rotatable bonds is 6. The normalized spacial score (nSPS) is 15.4. The molecule has 0 N–H and O–H groups in total. The van der Waals surface area contributed by atoms with Crippen molar-refractivity contribution < 1.29 is 14.2 Å². The van der Waals surface area contributed by atoms with Crippen LogP contribution in [0, 0.1) is 0 Å². The van der Waals surface area contributed by atoms with E-state index in [0.717, 1.165) is 50.5 Å². The van der Waals surface area contributed by atoms with Gasteiger partial charge in [-0.1, -0.05) is 24.3 Å². The molecule has 1 fully saturated rings. The van der Waals surface area contributed by atoms with E-state index in [0.29, 0.717) is 11.5 Å². The Morgan fingerprint density at radius 3 is 2.23 bits per heavy atom. The zero-order valence-corrected chi connectivity index (χ0v) is 15.9. The summed E-state index contributed by atoms with van der Waals surface area (Å²) >= 11 is 0. The van der Waals surface area contributed by atoms with Gasteiger partial charge in [-0.15, -0.1) is 0 Å². The van der Waals surface area contributed by atoms with Gasteiger partial charge in [0, 0.05) is 44.0 Å². The van der Waals surface area contributed by atoms with Gasteiger partial charge in [-0.2, -0.15) is 0 Å². The summed E-state index contributed by atoms with van der Waals surface area (Å²) in [6.07, 6.45) is 1.14. The summed E-state index contributed by atoms with van der Waals surface area (Å²) in [6, 6.07) is 14.7. The standard InChI is InChI=1S/C21H28N2O3/c1-24-19-11-10-17(20(25-2)21(19)26-3)16-22-12-7-13-23(15-14-22)18-8-5-4-6-9-18/h4-6,8-11H,7,12-16H2,1-3H3. The van der Waals surface area contributed by atoms with Crippen LogP contribution in [0.4, 0.5) is 5.69 Å². The quantitative estimate of drug-likeness (QED) is 0.792. The molecule has 0 spiro atoms. The van der Waals surface area contributed by atoms with Crippen molar-refractivity contribution in [1.29, 1.82) is 0 Å². The number of ether oxygens (including phenoxy) is 3. The predicted molar refractivity (Wildman–Crippen MR) is 105 cm³/mol. The first-order valence-electron chi connectivity index (χ1n) is 9.07. The van der Waals surface area contributed by atoms with Crippen LogP contribution in [0.3, 0.4) is 0 Å². The maximum Gasteiger partial charge on any atom is 0.203 e. The van der Waals surface area contributed by atoms with Gasteiger partial charge < -0.3 is 19.1 Å². The van der Waals surface area contributed by atoms with E-state index in [1.165, 1.54) is 5.69 Å². The number of para-hydroxylation sites is 1. The molecule has 0 aromatic heterocycles. The Hall–Kier alpha value is -2.40. The third-order valence-electron chi connectivity index (χ3n) is 4.89. The first-order chi connectivity index (χ1) is 12.8. The second-order valence-electron chi connectivity index (χ2n) is 6.45. The third kappa shape index (κ3) is 4.05. The van der Waals surface area contributed by atoms with Crippen LogP contribution in [-0.4, -0.2) is 52.4 Å². The molecule has 1 heterocycles. The van der Waals surface area contributed by atoms with Crippen LogP contribution in [0.2, 0.25) is 0 Å². The third-order valence-corrected chi connectivity index (χ3v) is 4.89. The van der Waals surface area contributed by atoms with E-state index in [2.05, 4.69) is 46.2 Å². The first-order valence-corrected chi connectivity index (χ1v) is 9.07. The molecular formula is C21H28N2O3. The van der Waals surface area contributed by atoms with Crippen molar-refractivity contribution in [2.75, 3.05) is 52.4 Å². The Morgan fingerprint density at radius 2 is 1.54 bits per heavy atom. The van der Waals surface area contributed by atoms with Gasteiger partial charge in [0.25, 0.3) is 0 Å². The molecule has 0 radical (unpaired) electrons. The molecule has 0 amide bonds. The lowest BCUT2D eigenvalue weighted by Gasteiger charge is -2.24. The average molecular weight is 356 g/mol. The smallest absolute Gasteiger partial charge is 0.203 e. The highest BCUT2D eigenvalue weighted by Crippen LogP contribution is 2.40. The molecule has 26 heavy (non-hydrogen) atoms. The van der Waals surface area contributed by atoms with Crippen LogP contribution >= 0.6 is 0 Å². The molecule has 0 unspecified atom stereocenters. The number of benzene rings is 2. The highest BCUT2D eigenvalue weighted by molar-refractivity contribution is 5.55. The number of methoxy groups -OCH3 is 3. The zero-order chi connectivity index (χ0) is 18.4. The summed E-state index contributed by atoms with van der Waals surface area (Å²) in [6.45, 7) is 5.04. The van der Waals surface area contributed by atoms with E-state index < -0.39 is 0 Å². The van der Waals surface area contributed by atoms with E-state index in [1.807, 2.05) is 6.07 Å². The lowest BCUT2D eigenvalue weighted by atomic mass is 10.1. The Morgan fingerprint density at radius 1 is 0.769 bits per heavy atom. The van der Waals surface area contributed by atoms with Crippen LogP contribution in [0.1, 0.15) is 12.0 Å². The average Bonchev–Trinajstić information content (AvgIpc) is 2.93. The molecule has 0 bridgehead atoms. The van der Waals surface area contributed by atoms with Crippen LogP contribution in [0.5, 0.6) is 17.2 Å². The summed E-state index contributed by atoms with van der Waals surface area (Å²) in [4.78, 5) is 4.94. The summed E-state index contributed by atoms with van der Waals surface area (Å²) in [5, 5.41) is 0. The molecule has 1 aliphatic rings. The fourth-order valence-electron chi connectivity index (χ4n) is 3.55. The lowest BCUT2D eigenvalue weighted by Crippen LogP contribution is -2.30. The molecule has 5 nitrogen and oxygen atoms in total. The minimum atomic E-state index is 0.660. The Balaban J connectivity index is 1.71. The van der Waals surface area contributed by atoms with Gasteiger partial charge in [0.2, 0.25) is 5.75 Å². The van der Waals surface area contributed by atoms with Gasteiger partial charge in [0.05, 0.1) is 21.3 Å². The summed E-state index contributed by atoms with van der Waals surface area (Å²) in [5.41, 5.74) is 2.43. The second kappa shape index (κ2) is 8.81. The fraction of sp³-hybridized carbons (Fsp3) is 0.429. The van der Waals surface area contributed by atoms with Crippen LogP contribution in [0.25, 0.3) is 0 Å². The van der Waals surface area contributed by atoms with Crippen molar-refractivity contribution in [1.82, 2.24) is 4.90 Å². The fourth-order valence-corrected chi connectivity index (χ4v) is 3.55. The van der Waals surface area contributed by atoms with E-state index in [4.69, 9.17) is 14.2 Å². The topological polar surface area (TPSA) is 34.2 Å². The summed E-state index contributed by atoms with van der Waals surface area (Å²) < 4.78 is 16.5. The summed E-state index contributed by atoms with van der Waals surface area (Å²) in [5.74, 6) is 2.11. The van der Waals surface area contributed by atoms with Gasteiger partial charge >= 0.3 is 0 Å². The minimum absolute atomic E-state index is 0.660. The zero-order valence-electron chi connectivity index (χ0n) is 15.9. The first kappa shape index (κ1) is 18.4. The molecule has 1 saturated heterocycles. The Bertz CT molecular complexity index is 706. The highest BCUT2D eigenvalue weighted by atomic mass is 16.5. The van der Waals surface area contributed by atoms with Crippen LogP contribution in [0.15, 0.2) is 42.5 Å². The van der Waals surface area contributed by atoms with E-state index in [9.17, 15) is 0 Å². The van der Waals surface area contributed by atoms with Crippen molar-refractivity contribution in [3.63, 3.8) is 0 Å². The molecule has 140 valence electrons. The highest BCUT2D eigenvalue weighted by Gasteiger charge is 2.20. The van der Waals surface area contributed by atoms with E-state index in [1.54, 1.807) is 21.3 Å². The number of anilines is 1. The number of hydrogen-bond acceptors (Lipinski definition) is 5. The van der Waals surface area contributed by atoms with Crippen molar-refractivity contribution in [3.8, 4) is 17.2 Å². The molecule has 5 heteroatoms. The van der Waals surface area contributed by atoms with Crippen molar-refractivity contribution in [2.45, 2.75) is 13.0 Å². The molecule has 0 aliphatic carbocycles. The van der Waals surface area contributed by atoms with E-state index in [-0.39, 0.29) is 0 Å². The lowest BCUT2D eigenvalue weighted by molar-refractivity contribution is 0.274. The minimum Gasteiger partial charge on any atom is -0.493 e. The van der Waals surface area contributed by atoms with Crippen molar-refractivity contribution in [2.24, 2.45) is 0 Å². The monoisotopic (exact) mass is 356 g/mol. The van der Waals surface area contributed by atoms with Crippen molar-refractivity contribution in [3.05, 3.63) is 48.0 Å². The predicted octanol–water partition coefficient (Wildman–Crippen LogP) is 3.42. The van der Waals surface area contributed by atoms with E-state index >= 15 is 0 Å². The van der Waals surface area contributed by atoms with Crippen molar-refractivity contribution >= 4 is 5.69 Å². The van der Waals surface area contributed by atoms with Gasteiger partial charge in [-0.25, -0.2) is 0 Å². The van der Waals surface area contributed by atoms with Crippen LogP contribution < -0.4 is 19.1 Å². The SMILES string of the molecule is COc1ccc(CN2CCCN(c3ccccc3)CC2)c(OC)c1OC. The molecular weight excluding hydrogens is 328 g/mol. The Kier molecular flexibility index (Phi) is 6.23. The Labute approximate surface area is 156 Å². The molecule has 0 saturated carbocycles. The van der Waals surface area contributed by atoms with Gasteiger partial charge in [0.1, 0.15) is 0 Å². The molecule has 2 aromatic carbocycles. The van der Waals surface area contributed by atoms with Gasteiger partial charge in [-0.05, 0) is 24.6 Å². The number of hydrogen-bond donors (Lipinski definition) is 0. The number of nitrogens with zero attached hydrogens (tertiary/aromatic N) is 2. The maximum absolute atomic E-state index is 5.63. The molecule has 0 atom stereocenters. The molecule has 2 aromatic rings. The maximum atomic E-state index is 5.63. The van der Waals surface area contributed by atoms with Gasteiger partial charge in [-0.3, -0.25) is 4.90 Å². The van der Waals surface area contributed by atoms with Gasteiger partial charge in [0.15, 0.2) is 11.5 Å².